The van der Waals surface area contributed by atoms with Crippen LogP contribution in [0, 0.1) is 24.3 Å². The quantitative estimate of drug-likeness (QED) is 0.131. The molecule has 0 unspecified atom stereocenters. The van der Waals surface area contributed by atoms with E-state index in [1.807, 2.05) is 26.0 Å². The average molecular weight is 849 g/mol. The van der Waals surface area contributed by atoms with E-state index in [1.54, 1.807) is 0 Å². The molecule has 51 heavy (non-hydrogen) atoms. The van der Waals surface area contributed by atoms with Gasteiger partial charge in [0.25, 0.3) is 5.82 Å². The molecule has 0 N–H and O–H groups in total. The molecule has 4 aromatic carbocycles. The van der Waals surface area contributed by atoms with Crippen molar-refractivity contribution in [1.82, 2.24) is 4.57 Å². The van der Waals surface area contributed by atoms with Crippen LogP contribution in [0.5, 0.6) is 11.5 Å². The molecule has 9 rings (SSSR count). The van der Waals surface area contributed by atoms with Gasteiger partial charge in [-0.25, -0.2) is 15.2 Å². The van der Waals surface area contributed by atoms with E-state index in [1.165, 1.54) is 33.5 Å². The zero-order valence-electron chi connectivity index (χ0n) is 29.9. The number of ether oxygens (including phenoxy) is 1. The third-order valence-corrected chi connectivity index (χ3v) is 9.66. The Kier molecular flexibility index (Phi) is 9.40. The fraction of sp³-hybridized carbons (Fsp3) is 0.222. The van der Waals surface area contributed by atoms with Crippen LogP contribution in [0.2, 0.25) is 0 Å². The second-order valence-corrected chi connectivity index (χ2v) is 13.3. The summed E-state index contributed by atoms with van der Waals surface area (Å²) >= 11 is 0. The van der Waals surface area contributed by atoms with Crippen LogP contribution in [0.15, 0.2) is 97.0 Å². The van der Waals surface area contributed by atoms with Crippen molar-refractivity contribution in [1.29, 1.82) is 0 Å². The van der Waals surface area contributed by atoms with E-state index in [9.17, 15) is 0 Å². The maximum Gasteiger partial charge on any atom is 2.00 e. The van der Waals surface area contributed by atoms with E-state index in [0.717, 1.165) is 47.1 Å². The smallest absolute Gasteiger partial charge is 0.502 e. The summed E-state index contributed by atoms with van der Waals surface area (Å²) < 4.78 is 11.0. The normalized spacial score (nSPS) is 13.7. The number of aromatic nitrogens is 2. The van der Waals surface area contributed by atoms with Gasteiger partial charge in [0, 0.05) is 17.3 Å². The van der Waals surface area contributed by atoms with Crippen molar-refractivity contribution in [3.63, 3.8) is 0 Å². The van der Waals surface area contributed by atoms with Gasteiger partial charge in [-0.05, 0) is 65.6 Å². The van der Waals surface area contributed by atoms with Gasteiger partial charge in [0.2, 0.25) is 0 Å². The van der Waals surface area contributed by atoms with Crippen LogP contribution < -0.4 is 19.1 Å². The minimum Gasteiger partial charge on any atom is -0.502 e. The zero-order valence-corrected chi connectivity index (χ0v) is 32.2. The molecule has 0 amide bonds. The van der Waals surface area contributed by atoms with Crippen molar-refractivity contribution >= 4 is 45.9 Å². The van der Waals surface area contributed by atoms with E-state index < -0.39 is 0 Å². The fourth-order valence-corrected chi connectivity index (χ4v) is 7.50. The van der Waals surface area contributed by atoms with Gasteiger partial charge in [0.1, 0.15) is 11.9 Å². The summed E-state index contributed by atoms with van der Waals surface area (Å²) in [6, 6.07) is 41.5. The van der Waals surface area contributed by atoms with Crippen molar-refractivity contribution in [3.05, 3.63) is 144 Å². The third-order valence-electron chi connectivity index (χ3n) is 9.66. The topological polar surface area (TPSA) is 24.5 Å². The first-order valence-corrected chi connectivity index (χ1v) is 17.8. The zero-order chi connectivity index (χ0) is 34.5. The molecule has 0 fully saturated rings. The van der Waals surface area contributed by atoms with Crippen molar-refractivity contribution in [2.24, 2.45) is 0 Å². The molecule has 2 aliphatic heterocycles. The number of fused-ring (bicyclic) bond motifs is 12. The number of para-hydroxylation sites is 3. The second kappa shape index (κ2) is 13.9. The summed E-state index contributed by atoms with van der Waals surface area (Å²) in [7, 11) is 0. The molecule has 6 aromatic rings. The van der Waals surface area contributed by atoms with Crippen LogP contribution in [-0.4, -0.2) is 4.57 Å². The second-order valence-electron chi connectivity index (χ2n) is 13.3. The molecule has 0 radical (unpaired) electrons. The van der Waals surface area contributed by atoms with Gasteiger partial charge >= 0.3 is 21.1 Å². The standard InChI is InChI=1S/C43H35N4O.C2H6.Pt/c1-28(2)33-16-12-17-34(29(3)4)43(33)47-39-20-8-7-19-38(39)45-30-13-11-14-31(25-30)48-32-22-23-36-35-15-5-6-18-37(35)46(40(36)26-32)41-21-9-10-24-44(41)27-42(45)47;1-2;/h6-10,12-13,16-24,27-29H,5,15H2,1-4H3;1-2H3;/q-1;;+2. The first-order valence-electron chi connectivity index (χ1n) is 17.8. The number of anilines is 4. The number of aryl methyl sites for hydroxylation is 1. The van der Waals surface area contributed by atoms with Crippen LogP contribution in [0.3, 0.4) is 0 Å². The van der Waals surface area contributed by atoms with Crippen LogP contribution in [-0.2, 0) is 27.5 Å². The predicted octanol–water partition coefficient (Wildman–Crippen LogP) is 11.2. The molecule has 0 atom stereocenters. The molecule has 256 valence electrons. The summed E-state index contributed by atoms with van der Waals surface area (Å²) in [5.41, 5.74) is 10.3. The molecule has 2 aromatic heterocycles. The van der Waals surface area contributed by atoms with Crippen LogP contribution in [0.4, 0.5) is 22.7 Å². The summed E-state index contributed by atoms with van der Waals surface area (Å²) in [5.74, 6) is 3.71. The van der Waals surface area contributed by atoms with E-state index in [-0.39, 0.29) is 21.1 Å². The Morgan fingerprint density at radius 3 is 2.29 bits per heavy atom. The summed E-state index contributed by atoms with van der Waals surface area (Å²) in [6.45, 7) is 13.1. The van der Waals surface area contributed by atoms with Crippen LogP contribution in [0.25, 0.3) is 29.0 Å². The Bertz CT molecular complexity index is 2290. The summed E-state index contributed by atoms with van der Waals surface area (Å²) in [5, 5.41) is 1.19. The van der Waals surface area contributed by atoms with Crippen molar-refractivity contribution in [2.75, 3.05) is 9.80 Å². The van der Waals surface area contributed by atoms with Gasteiger partial charge < -0.3 is 9.64 Å². The first kappa shape index (κ1) is 34.4. The Hall–Kier alpha value is -5.04. The Morgan fingerprint density at radius 1 is 0.824 bits per heavy atom. The Morgan fingerprint density at radius 2 is 1.55 bits per heavy atom. The van der Waals surface area contributed by atoms with Gasteiger partial charge in [0.15, 0.2) is 5.82 Å². The summed E-state index contributed by atoms with van der Waals surface area (Å²) in [6.07, 6.45) is 10.9. The van der Waals surface area contributed by atoms with Gasteiger partial charge in [0.05, 0.1) is 29.0 Å². The average Bonchev–Trinajstić information content (AvgIpc) is 3.64. The molecule has 4 heterocycles. The number of hydrogen-bond donors (Lipinski definition) is 0. The number of rotatable bonds is 3. The predicted molar refractivity (Wildman–Crippen MR) is 204 cm³/mol. The number of benzene rings is 3. The van der Waals surface area contributed by atoms with Crippen molar-refractivity contribution < 1.29 is 30.4 Å². The molecular formula is C45H41N4OPt+. The van der Waals surface area contributed by atoms with Gasteiger partial charge in [-0.2, -0.15) is 12.1 Å². The number of allylic oxidation sites excluding steroid dienone is 1. The monoisotopic (exact) mass is 848 g/mol. The van der Waals surface area contributed by atoms with E-state index in [2.05, 4.69) is 162 Å². The Balaban J connectivity index is 0.00000133. The van der Waals surface area contributed by atoms with Crippen LogP contribution in [0.1, 0.15) is 82.2 Å². The Labute approximate surface area is 316 Å². The first-order chi connectivity index (χ1) is 24.5. The number of nitrogens with zero attached hydrogens (tertiary/aromatic N) is 4. The third kappa shape index (κ3) is 5.67. The molecule has 6 heteroatoms. The maximum absolute atomic E-state index is 6.47. The maximum atomic E-state index is 6.47. The molecular weight excluding hydrogens is 808 g/mol. The molecule has 4 bridgehead atoms. The molecule has 5 nitrogen and oxygen atoms in total. The SMILES string of the molecule is CC.CC(C)c1cccc(C(C)C)c1N1C2=C[n+]3ccccc3-n3c4c(c5ccc([c-]c53)Oc3c#ccc([c-]3)N2c2ccccc21)CCC=C4.[Pt+2]. The number of pyridine rings is 1. The van der Waals surface area contributed by atoms with Gasteiger partial charge in [-0.1, -0.05) is 107 Å². The van der Waals surface area contributed by atoms with E-state index >= 15 is 0 Å². The van der Waals surface area contributed by atoms with Crippen molar-refractivity contribution in [2.45, 2.75) is 66.2 Å². The molecule has 1 aliphatic carbocycles. The molecule has 0 saturated heterocycles. The fourth-order valence-electron chi connectivity index (χ4n) is 7.50. The minimum atomic E-state index is 0. The molecule has 3 aliphatic rings. The van der Waals surface area contributed by atoms with Crippen molar-refractivity contribution in [3.8, 4) is 17.3 Å². The largest absolute Gasteiger partial charge is 2.00 e. The minimum absolute atomic E-state index is 0. The van der Waals surface area contributed by atoms with Crippen LogP contribution >= 0.6 is 0 Å². The molecule has 0 spiro atoms. The van der Waals surface area contributed by atoms with E-state index in [0.29, 0.717) is 23.3 Å². The van der Waals surface area contributed by atoms with E-state index in [4.69, 9.17) is 4.74 Å². The summed E-state index contributed by atoms with van der Waals surface area (Å²) in [4.78, 5) is 4.72. The van der Waals surface area contributed by atoms with Gasteiger partial charge in [-0.3, -0.25) is 4.90 Å². The molecule has 0 saturated carbocycles. The number of hydrogen-bond acceptors (Lipinski definition) is 3. The van der Waals surface area contributed by atoms with Gasteiger partial charge in [-0.15, -0.1) is 12.1 Å².